The molecule has 0 bridgehead atoms. The van der Waals surface area contributed by atoms with Gasteiger partial charge < -0.3 is 15.0 Å². The van der Waals surface area contributed by atoms with Crippen LogP contribution in [0.25, 0.3) is 11.4 Å². The van der Waals surface area contributed by atoms with Crippen molar-refractivity contribution in [1.29, 1.82) is 0 Å². The van der Waals surface area contributed by atoms with Crippen LogP contribution in [0.4, 0.5) is 8.78 Å². The summed E-state index contributed by atoms with van der Waals surface area (Å²) in [6.07, 6.45) is 0.705. The van der Waals surface area contributed by atoms with Gasteiger partial charge in [-0.25, -0.2) is 8.78 Å². The molecule has 1 aliphatic rings. The fourth-order valence-corrected chi connectivity index (χ4v) is 2.19. The third kappa shape index (κ3) is 2.54. The molecule has 7 heteroatoms. The lowest BCUT2D eigenvalue weighted by Gasteiger charge is -2.25. The topological polar surface area (TPSA) is 74.2 Å². The van der Waals surface area contributed by atoms with E-state index in [9.17, 15) is 8.78 Å². The smallest absolute Gasteiger partial charge is 0.233 e. The molecule has 106 valence electrons. The van der Waals surface area contributed by atoms with Crippen molar-refractivity contribution in [2.24, 2.45) is 5.73 Å². The number of benzene rings is 1. The maximum absolute atomic E-state index is 13.2. The highest BCUT2D eigenvalue weighted by Gasteiger charge is 2.29. The largest absolute Gasteiger partial charge is 0.381 e. The lowest BCUT2D eigenvalue weighted by atomic mass is 9.97. The van der Waals surface area contributed by atoms with E-state index in [2.05, 4.69) is 10.1 Å². The number of hydrogen-bond donors (Lipinski definition) is 1. The normalized spacial score (nSPS) is 22.9. The van der Waals surface area contributed by atoms with Crippen molar-refractivity contribution in [2.75, 3.05) is 13.2 Å². The number of aromatic nitrogens is 2. The zero-order valence-electron chi connectivity index (χ0n) is 10.6. The molecular formula is C13H13F2N3O2. The molecule has 0 saturated carbocycles. The molecule has 2 aromatic rings. The highest BCUT2D eigenvalue weighted by molar-refractivity contribution is 5.54. The Labute approximate surface area is 113 Å². The average Bonchev–Trinajstić information content (AvgIpc) is 2.87. The van der Waals surface area contributed by atoms with Crippen LogP contribution in [0.1, 0.15) is 18.2 Å². The molecule has 1 saturated heterocycles. The Morgan fingerprint density at radius 2 is 1.95 bits per heavy atom. The molecule has 2 N–H and O–H groups in total. The summed E-state index contributed by atoms with van der Waals surface area (Å²) >= 11 is 0. The number of hydrogen-bond acceptors (Lipinski definition) is 5. The van der Waals surface area contributed by atoms with Crippen LogP contribution in [0, 0.1) is 11.6 Å². The monoisotopic (exact) mass is 281 g/mol. The van der Waals surface area contributed by atoms with Crippen molar-refractivity contribution in [2.45, 2.75) is 18.4 Å². The quantitative estimate of drug-likeness (QED) is 0.909. The second-order valence-corrected chi connectivity index (χ2v) is 4.75. The molecule has 0 spiro atoms. The lowest BCUT2D eigenvalue weighted by molar-refractivity contribution is 0.0590. The van der Waals surface area contributed by atoms with E-state index in [1.54, 1.807) is 0 Å². The van der Waals surface area contributed by atoms with Crippen molar-refractivity contribution in [1.82, 2.24) is 10.1 Å². The Balaban J connectivity index is 1.89. The van der Waals surface area contributed by atoms with Gasteiger partial charge in [0.05, 0.1) is 12.5 Å². The fourth-order valence-electron chi connectivity index (χ4n) is 2.19. The molecule has 0 aliphatic carbocycles. The summed E-state index contributed by atoms with van der Waals surface area (Å²) in [6, 6.07) is 2.96. The second-order valence-electron chi connectivity index (χ2n) is 4.75. The predicted octanol–water partition coefficient (Wildman–Crippen LogP) is 1.85. The van der Waals surface area contributed by atoms with Crippen LogP contribution in [0.5, 0.6) is 0 Å². The number of nitrogens with zero attached hydrogens (tertiary/aromatic N) is 2. The van der Waals surface area contributed by atoms with Gasteiger partial charge in [-0.15, -0.1) is 0 Å². The van der Waals surface area contributed by atoms with Gasteiger partial charge in [-0.3, -0.25) is 0 Å². The summed E-state index contributed by atoms with van der Waals surface area (Å²) < 4.78 is 36.8. The first-order valence-electron chi connectivity index (χ1n) is 6.27. The summed E-state index contributed by atoms with van der Waals surface area (Å²) in [5, 5.41) is 3.75. The predicted molar refractivity (Wildman–Crippen MR) is 65.8 cm³/mol. The minimum Gasteiger partial charge on any atom is -0.381 e. The molecule has 2 heterocycles. The summed E-state index contributed by atoms with van der Waals surface area (Å²) in [4.78, 5) is 4.17. The van der Waals surface area contributed by atoms with Crippen LogP contribution in [0.2, 0.25) is 0 Å². The third-order valence-electron chi connectivity index (χ3n) is 3.29. The van der Waals surface area contributed by atoms with E-state index in [0.717, 1.165) is 18.2 Å². The van der Waals surface area contributed by atoms with Gasteiger partial charge in [-0.2, -0.15) is 4.98 Å². The minimum atomic E-state index is -0.691. The Kier molecular flexibility index (Phi) is 3.45. The molecule has 0 radical (unpaired) electrons. The maximum Gasteiger partial charge on any atom is 0.233 e. The fraction of sp³-hybridized carbons (Fsp3) is 0.385. The van der Waals surface area contributed by atoms with Crippen LogP contribution >= 0.6 is 0 Å². The van der Waals surface area contributed by atoms with E-state index in [1.165, 1.54) is 0 Å². The molecule has 20 heavy (non-hydrogen) atoms. The Bertz CT molecular complexity index is 597. The van der Waals surface area contributed by atoms with Crippen molar-refractivity contribution in [3.05, 3.63) is 35.7 Å². The molecule has 1 aliphatic heterocycles. The van der Waals surface area contributed by atoms with Crippen LogP contribution in [-0.4, -0.2) is 29.4 Å². The van der Waals surface area contributed by atoms with Crippen molar-refractivity contribution in [3.8, 4) is 11.4 Å². The number of halogens is 2. The van der Waals surface area contributed by atoms with Gasteiger partial charge in [0.1, 0.15) is 11.6 Å². The summed E-state index contributed by atoms with van der Waals surface area (Å²) in [7, 11) is 0. The molecule has 0 amide bonds. The molecular weight excluding hydrogens is 268 g/mol. The Morgan fingerprint density at radius 1 is 1.20 bits per heavy atom. The van der Waals surface area contributed by atoms with Gasteiger partial charge in [0.15, 0.2) is 0 Å². The molecule has 2 unspecified atom stereocenters. The Hall–Kier alpha value is -1.86. The van der Waals surface area contributed by atoms with Gasteiger partial charge in [0, 0.05) is 24.3 Å². The van der Waals surface area contributed by atoms with E-state index in [-0.39, 0.29) is 23.3 Å². The third-order valence-corrected chi connectivity index (χ3v) is 3.29. The molecule has 1 aromatic heterocycles. The van der Waals surface area contributed by atoms with Crippen molar-refractivity contribution < 1.29 is 18.0 Å². The van der Waals surface area contributed by atoms with E-state index >= 15 is 0 Å². The molecule has 2 atom stereocenters. The van der Waals surface area contributed by atoms with Gasteiger partial charge in [0.25, 0.3) is 0 Å². The van der Waals surface area contributed by atoms with Crippen LogP contribution in [0.3, 0.4) is 0 Å². The highest BCUT2D eigenvalue weighted by atomic mass is 19.1. The summed E-state index contributed by atoms with van der Waals surface area (Å²) in [5.74, 6) is -1.11. The molecule has 3 rings (SSSR count). The van der Waals surface area contributed by atoms with Crippen LogP contribution in [0.15, 0.2) is 22.7 Å². The van der Waals surface area contributed by atoms with E-state index in [0.29, 0.717) is 25.5 Å². The van der Waals surface area contributed by atoms with Crippen LogP contribution < -0.4 is 5.73 Å². The lowest BCUT2D eigenvalue weighted by Crippen LogP contribution is -2.37. The Morgan fingerprint density at radius 3 is 2.65 bits per heavy atom. The molecule has 1 aromatic carbocycles. The number of rotatable bonds is 2. The van der Waals surface area contributed by atoms with E-state index in [4.69, 9.17) is 15.0 Å². The number of nitrogens with two attached hydrogens (primary N) is 1. The first-order valence-corrected chi connectivity index (χ1v) is 6.27. The van der Waals surface area contributed by atoms with Gasteiger partial charge >= 0.3 is 0 Å². The highest BCUT2D eigenvalue weighted by Crippen LogP contribution is 2.26. The van der Waals surface area contributed by atoms with Gasteiger partial charge in [0.2, 0.25) is 11.7 Å². The van der Waals surface area contributed by atoms with Gasteiger partial charge in [-0.05, 0) is 18.6 Å². The zero-order valence-corrected chi connectivity index (χ0v) is 10.6. The summed E-state index contributed by atoms with van der Waals surface area (Å²) in [6.45, 7) is 1.01. The SMILES string of the molecule is NC1CCOCC1c1nc(-c2cc(F)cc(F)c2)no1. The van der Waals surface area contributed by atoms with Crippen molar-refractivity contribution in [3.63, 3.8) is 0 Å². The van der Waals surface area contributed by atoms with E-state index < -0.39 is 11.6 Å². The van der Waals surface area contributed by atoms with Gasteiger partial charge in [-0.1, -0.05) is 5.16 Å². The molecule has 1 fully saturated rings. The average molecular weight is 281 g/mol. The van der Waals surface area contributed by atoms with Crippen LogP contribution in [-0.2, 0) is 4.74 Å². The summed E-state index contributed by atoms with van der Waals surface area (Å²) in [5.41, 5.74) is 6.20. The molecule has 5 nitrogen and oxygen atoms in total. The second kappa shape index (κ2) is 5.26. The zero-order chi connectivity index (χ0) is 14.1. The van der Waals surface area contributed by atoms with E-state index in [1.807, 2.05) is 0 Å². The van der Waals surface area contributed by atoms with Crippen molar-refractivity contribution >= 4 is 0 Å². The first-order chi connectivity index (χ1) is 9.63. The number of ether oxygens (including phenoxy) is 1. The maximum atomic E-state index is 13.2. The standard InChI is InChI=1S/C13H13F2N3O2/c14-8-3-7(4-9(15)5-8)12-17-13(20-18-12)10-6-19-2-1-11(10)16/h3-5,10-11H,1-2,6,16H2. The minimum absolute atomic E-state index is 0.124. The first kappa shape index (κ1) is 13.1.